The summed E-state index contributed by atoms with van der Waals surface area (Å²) in [7, 11) is 0. The summed E-state index contributed by atoms with van der Waals surface area (Å²) in [6.45, 7) is 5.71. The first-order valence-corrected chi connectivity index (χ1v) is 18.7. The van der Waals surface area contributed by atoms with E-state index in [2.05, 4.69) is 13.8 Å². The quantitative estimate of drug-likeness (QED) is 0.0731. The molecule has 0 radical (unpaired) electrons. The molecule has 3 saturated heterocycles. The second kappa shape index (κ2) is 18.8. The fraction of sp³-hybridized carbons (Fsp3) is 0.971. The minimum Gasteiger partial charge on any atom is -0.432 e. The van der Waals surface area contributed by atoms with E-state index in [9.17, 15) is 61.0 Å². The first-order valence-electron chi connectivity index (χ1n) is 18.7. The van der Waals surface area contributed by atoms with Crippen molar-refractivity contribution in [3.8, 4) is 0 Å². The SMILES string of the molecule is CC[C@@H](CC[C@@H](C)OC[C@@H]1OC(CO)[C@@H](O)C(O)C1O[C@@H]1OC(CO)[C@@H](O)C(O)C1O)[C@]1(C)CCC[C@@](C)(C(=O)O[C@@H]2OC(CO)[C@@H](O)C(O)C2O)C1. The highest BCUT2D eigenvalue weighted by atomic mass is 16.7. The Morgan fingerprint density at radius 3 is 1.79 bits per heavy atom. The van der Waals surface area contributed by atoms with E-state index in [1.807, 2.05) is 6.92 Å². The molecule has 4 rings (SSSR count). The summed E-state index contributed by atoms with van der Waals surface area (Å²) in [4.78, 5) is 13.6. The van der Waals surface area contributed by atoms with Gasteiger partial charge in [-0.2, -0.15) is 0 Å². The fourth-order valence-electron chi connectivity index (χ4n) is 8.51. The van der Waals surface area contributed by atoms with Gasteiger partial charge in [0.25, 0.3) is 0 Å². The number of esters is 1. The Kier molecular flexibility index (Phi) is 15.8. The maximum absolute atomic E-state index is 13.6. The van der Waals surface area contributed by atoms with Crippen molar-refractivity contribution in [2.75, 3.05) is 26.4 Å². The second-order valence-electron chi connectivity index (χ2n) is 15.8. The van der Waals surface area contributed by atoms with Gasteiger partial charge in [0.15, 0.2) is 6.29 Å². The number of hydrogen-bond acceptors (Lipinski definition) is 18. The van der Waals surface area contributed by atoms with Gasteiger partial charge in [-0.15, -0.1) is 0 Å². The van der Waals surface area contributed by atoms with Gasteiger partial charge < -0.3 is 84.6 Å². The molecule has 9 unspecified atom stereocenters. The Balaban J connectivity index is 1.36. The highest BCUT2D eigenvalue weighted by Gasteiger charge is 2.52. The predicted octanol–water partition coefficient (Wildman–Crippen LogP) is -3.21. The van der Waals surface area contributed by atoms with Crippen molar-refractivity contribution in [2.45, 2.75) is 171 Å². The summed E-state index contributed by atoms with van der Waals surface area (Å²) in [6.07, 6.45) is -18.3. The van der Waals surface area contributed by atoms with Crippen molar-refractivity contribution in [3.05, 3.63) is 0 Å². The Morgan fingerprint density at radius 1 is 0.698 bits per heavy atom. The largest absolute Gasteiger partial charge is 0.432 e. The molecule has 19 atom stereocenters. The van der Waals surface area contributed by atoms with E-state index in [0.717, 1.165) is 19.3 Å². The first kappa shape index (κ1) is 44.5. The van der Waals surface area contributed by atoms with Gasteiger partial charge in [-0.1, -0.05) is 26.7 Å². The summed E-state index contributed by atoms with van der Waals surface area (Å²) in [5.41, 5.74) is -1.23. The lowest BCUT2D eigenvalue weighted by molar-refractivity contribution is -0.344. The van der Waals surface area contributed by atoms with Gasteiger partial charge >= 0.3 is 5.97 Å². The normalized spacial score (nSPS) is 46.4. The minimum atomic E-state index is -1.77. The average Bonchev–Trinajstić information content (AvgIpc) is 3.13. The maximum atomic E-state index is 13.6. The second-order valence-corrected chi connectivity index (χ2v) is 15.8. The molecular formula is C35H62O18. The molecule has 0 aromatic heterocycles. The molecule has 18 nitrogen and oxygen atoms in total. The van der Waals surface area contributed by atoms with Gasteiger partial charge in [-0.3, -0.25) is 4.79 Å². The number of ether oxygens (including phenoxy) is 6. The molecule has 4 aliphatic rings. The van der Waals surface area contributed by atoms with Crippen LogP contribution in [0.2, 0.25) is 0 Å². The molecule has 4 fully saturated rings. The zero-order chi connectivity index (χ0) is 39.4. The molecule has 0 spiro atoms. The van der Waals surface area contributed by atoms with Crippen LogP contribution in [0.1, 0.15) is 72.6 Å². The minimum absolute atomic E-state index is 0.150. The summed E-state index contributed by atoms with van der Waals surface area (Å²) < 4.78 is 34.2. The van der Waals surface area contributed by atoms with Crippen LogP contribution < -0.4 is 0 Å². The van der Waals surface area contributed by atoms with E-state index in [1.165, 1.54) is 0 Å². The van der Waals surface area contributed by atoms with Crippen LogP contribution in [0.4, 0.5) is 0 Å². The van der Waals surface area contributed by atoms with E-state index in [4.69, 9.17) is 28.4 Å². The molecule has 1 saturated carbocycles. The van der Waals surface area contributed by atoms with Crippen LogP contribution in [0.5, 0.6) is 0 Å². The molecule has 0 amide bonds. The van der Waals surface area contributed by atoms with E-state index >= 15 is 0 Å². The Bertz CT molecular complexity index is 1150. The molecule has 18 heteroatoms. The number of rotatable bonds is 15. The summed E-state index contributed by atoms with van der Waals surface area (Å²) in [5.74, 6) is -0.460. The number of aliphatic hydroxyl groups excluding tert-OH is 11. The number of hydrogen-bond donors (Lipinski definition) is 11. The van der Waals surface area contributed by atoms with Crippen molar-refractivity contribution in [1.82, 2.24) is 0 Å². The molecule has 3 heterocycles. The van der Waals surface area contributed by atoms with E-state index < -0.39 is 123 Å². The smallest absolute Gasteiger partial charge is 0.314 e. The van der Waals surface area contributed by atoms with Gasteiger partial charge in [-0.25, -0.2) is 0 Å². The van der Waals surface area contributed by atoms with Crippen LogP contribution in [-0.4, -0.2) is 187 Å². The van der Waals surface area contributed by atoms with Crippen molar-refractivity contribution in [3.63, 3.8) is 0 Å². The van der Waals surface area contributed by atoms with E-state index in [1.54, 1.807) is 6.92 Å². The zero-order valence-corrected chi connectivity index (χ0v) is 30.9. The Hall–Kier alpha value is -1.17. The first-order chi connectivity index (χ1) is 24.9. The number of aliphatic hydroxyl groups is 11. The van der Waals surface area contributed by atoms with Crippen LogP contribution in [0.25, 0.3) is 0 Å². The van der Waals surface area contributed by atoms with Gasteiger partial charge in [0, 0.05) is 0 Å². The van der Waals surface area contributed by atoms with Gasteiger partial charge in [0.1, 0.15) is 79.4 Å². The van der Waals surface area contributed by atoms with Crippen LogP contribution in [-0.2, 0) is 33.2 Å². The van der Waals surface area contributed by atoms with Crippen molar-refractivity contribution in [2.24, 2.45) is 16.7 Å². The van der Waals surface area contributed by atoms with Crippen LogP contribution in [0.3, 0.4) is 0 Å². The maximum Gasteiger partial charge on any atom is 0.314 e. The molecule has 1 aliphatic carbocycles. The molecule has 0 bridgehead atoms. The third-order valence-electron chi connectivity index (χ3n) is 11.9. The van der Waals surface area contributed by atoms with E-state index in [-0.39, 0.29) is 24.0 Å². The lowest BCUT2D eigenvalue weighted by Crippen LogP contribution is -2.65. The van der Waals surface area contributed by atoms with Gasteiger partial charge in [-0.05, 0) is 57.3 Å². The lowest BCUT2D eigenvalue weighted by Gasteiger charge is -2.48. The monoisotopic (exact) mass is 770 g/mol. The molecule has 0 aromatic rings. The predicted molar refractivity (Wildman–Crippen MR) is 179 cm³/mol. The highest BCUT2D eigenvalue weighted by Crippen LogP contribution is 2.53. The van der Waals surface area contributed by atoms with Crippen LogP contribution >= 0.6 is 0 Å². The molecular weight excluding hydrogens is 708 g/mol. The van der Waals surface area contributed by atoms with Crippen LogP contribution in [0, 0.1) is 16.7 Å². The Labute approximate surface area is 309 Å². The topological polar surface area (TPSA) is 295 Å². The third kappa shape index (κ3) is 9.87. The molecule has 3 aliphatic heterocycles. The number of carbonyl (C=O) groups is 1. The van der Waals surface area contributed by atoms with Crippen molar-refractivity contribution >= 4 is 5.97 Å². The molecule has 53 heavy (non-hydrogen) atoms. The number of carbonyl (C=O) groups excluding carboxylic acids is 1. The van der Waals surface area contributed by atoms with E-state index in [0.29, 0.717) is 25.7 Å². The zero-order valence-electron chi connectivity index (χ0n) is 30.9. The van der Waals surface area contributed by atoms with Gasteiger partial charge in [0.2, 0.25) is 6.29 Å². The third-order valence-corrected chi connectivity index (χ3v) is 11.9. The van der Waals surface area contributed by atoms with Gasteiger partial charge in [0.05, 0.1) is 37.9 Å². The molecule has 11 N–H and O–H groups in total. The molecule has 310 valence electrons. The summed E-state index contributed by atoms with van der Waals surface area (Å²) >= 11 is 0. The Morgan fingerprint density at radius 2 is 1.23 bits per heavy atom. The average molecular weight is 771 g/mol. The summed E-state index contributed by atoms with van der Waals surface area (Å²) in [5, 5.41) is 112. The van der Waals surface area contributed by atoms with Crippen molar-refractivity contribution < 1.29 is 89.4 Å². The van der Waals surface area contributed by atoms with Crippen LogP contribution in [0.15, 0.2) is 0 Å². The fourth-order valence-corrected chi connectivity index (χ4v) is 8.51. The standard InChI is InChI=1S/C35H62O18/c1-5-17(34(3)9-6-10-35(4,15-34)33(47)53-32-29(46)26(43)23(40)20(13-38)51-32)8-7-16(2)48-14-21-30(27(44)24(41)18(11-36)49-21)52-31-28(45)25(42)22(39)19(12-37)50-31/h16-32,36-46H,5-15H2,1-4H3/t16-,17+,18?,19?,20?,21+,22-,23-,24-,25?,26?,27?,28?,29?,30?,31+,32+,34-,35-/m1/s1. The van der Waals surface area contributed by atoms with Crippen molar-refractivity contribution in [1.29, 1.82) is 0 Å². The molecule has 0 aromatic carbocycles. The lowest BCUT2D eigenvalue weighted by atomic mass is 9.57. The summed E-state index contributed by atoms with van der Waals surface area (Å²) in [6, 6.07) is 0. The highest BCUT2D eigenvalue weighted by molar-refractivity contribution is 5.76.